The molecule has 3 rings (SSSR count). The Balaban J connectivity index is 1.96. The molecule has 0 bridgehead atoms. The van der Waals surface area contributed by atoms with Gasteiger partial charge in [0, 0.05) is 49.2 Å². The van der Waals surface area contributed by atoms with E-state index in [4.69, 9.17) is 10.5 Å². The summed E-state index contributed by atoms with van der Waals surface area (Å²) in [5, 5.41) is 9.91. The molecule has 1 saturated heterocycles. The van der Waals surface area contributed by atoms with Crippen LogP contribution in [-0.2, 0) is 4.74 Å². The molecule has 0 saturated carbocycles. The summed E-state index contributed by atoms with van der Waals surface area (Å²) in [5.74, 6) is -2.11. The van der Waals surface area contributed by atoms with Gasteiger partial charge in [-0.05, 0) is 13.0 Å². The normalized spacial score (nSPS) is 16.9. The van der Waals surface area contributed by atoms with Gasteiger partial charge in [0.2, 0.25) is 6.10 Å². The largest absolute Gasteiger partial charge is 0.573 e. The average Bonchev–Trinajstić information content (AvgIpc) is 3.19. The Kier molecular flexibility index (Phi) is 7.31. The number of halogens is 6. The molecule has 0 aliphatic carbocycles. The lowest BCUT2D eigenvalue weighted by Crippen LogP contribution is -2.36. The van der Waals surface area contributed by atoms with E-state index >= 15 is 0 Å². The quantitative estimate of drug-likeness (QED) is 0.564. The first-order chi connectivity index (χ1) is 15.8. The maximum absolute atomic E-state index is 13.3. The molecular weight excluding hydrogens is 472 g/mol. The lowest BCUT2D eigenvalue weighted by molar-refractivity contribution is -0.274. The first kappa shape index (κ1) is 25.6. The van der Waals surface area contributed by atoms with Crippen molar-refractivity contribution in [1.82, 2.24) is 19.4 Å². The average molecular weight is 495 g/mol. The van der Waals surface area contributed by atoms with Crippen molar-refractivity contribution in [3.05, 3.63) is 36.6 Å². The maximum atomic E-state index is 13.3. The van der Waals surface area contributed by atoms with Crippen LogP contribution in [0.15, 0.2) is 30.7 Å². The van der Waals surface area contributed by atoms with Gasteiger partial charge in [0.1, 0.15) is 5.82 Å². The van der Waals surface area contributed by atoms with Crippen molar-refractivity contribution in [2.24, 2.45) is 0 Å². The van der Waals surface area contributed by atoms with Gasteiger partial charge >= 0.3 is 12.5 Å². The van der Waals surface area contributed by atoms with Crippen LogP contribution in [0.1, 0.15) is 31.3 Å². The van der Waals surface area contributed by atoms with Crippen molar-refractivity contribution >= 4 is 5.82 Å². The molecule has 0 aromatic carbocycles. The smallest absolute Gasteiger partial charge is 0.402 e. The maximum Gasteiger partial charge on any atom is 0.573 e. The minimum absolute atomic E-state index is 0.0815. The second kappa shape index (κ2) is 9.70. The van der Waals surface area contributed by atoms with E-state index in [0.717, 1.165) is 16.8 Å². The molecule has 14 heteroatoms. The van der Waals surface area contributed by atoms with Gasteiger partial charge in [-0.25, -0.2) is 9.97 Å². The summed E-state index contributed by atoms with van der Waals surface area (Å²) in [4.78, 5) is 9.43. The summed E-state index contributed by atoms with van der Waals surface area (Å²) in [6, 6.07) is 0.236. The number of nitrogens with two attached hydrogens (primary N) is 1. The number of imidazole rings is 1. The molecule has 1 unspecified atom stereocenters. The van der Waals surface area contributed by atoms with E-state index in [2.05, 4.69) is 21.3 Å². The van der Waals surface area contributed by atoms with E-state index in [1.807, 2.05) is 4.90 Å². The van der Waals surface area contributed by atoms with Crippen molar-refractivity contribution < 1.29 is 40.9 Å². The molecule has 0 amide bonds. The molecule has 3 N–H and O–H groups in total. The lowest BCUT2D eigenvalue weighted by atomic mass is 10.1. The van der Waals surface area contributed by atoms with Gasteiger partial charge in [-0.1, -0.05) is 6.58 Å². The van der Waals surface area contributed by atoms with Crippen LogP contribution in [0.3, 0.4) is 0 Å². The first-order valence-corrected chi connectivity index (χ1v) is 10.1. The topological polar surface area (TPSA) is 98.7 Å². The Morgan fingerprint density at radius 1 is 1.26 bits per heavy atom. The van der Waals surface area contributed by atoms with Crippen LogP contribution >= 0.6 is 0 Å². The number of aliphatic hydroxyl groups is 1. The number of nitrogens with zero attached hydrogens (tertiary/aromatic N) is 4. The summed E-state index contributed by atoms with van der Waals surface area (Å²) >= 11 is 0. The van der Waals surface area contributed by atoms with E-state index in [1.54, 1.807) is 6.92 Å². The van der Waals surface area contributed by atoms with Crippen LogP contribution < -0.4 is 10.5 Å². The lowest BCUT2D eigenvalue weighted by Gasteiger charge is -2.32. The fraction of sp³-hybridized carbons (Fsp3) is 0.500. The Hall–Kier alpha value is -3.00. The van der Waals surface area contributed by atoms with Crippen LogP contribution in [0.4, 0.5) is 32.2 Å². The van der Waals surface area contributed by atoms with E-state index in [9.17, 15) is 31.4 Å². The third-order valence-corrected chi connectivity index (χ3v) is 5.18. The number of aromatic nitrogens is 3. The van der Waals surface area contributed by atoms with Gasteiger partial charge in [0.15, 0.2) is 11.6 Å². The molecular formula is C20H23F6N5O3. The molecule has 0 radical (unpaired) electrons. The van der Waals surface area contributed by atoms with Crippen molar-refractivity contribution in [1.29, 1.82) is 0 Å². The van der Waals surface area contributed by atoms with Gasteiger partial charge < -0.3 is 29.8 Å². The second-order valence-corrected chi connectivity index (χ2v) is 7.71. The minimum atomic E-state index is -5.06. The third-order valence-electron chi connectivity index (χ3n) is 5.18. The van der Waals surface area contributed by atoms with E-state index < -0.39 is 42.1 Å². The zero-order chi connectivity index (χ0) is 25.3. The Morgan fingerprint density at radius 3 is 2.50 bits per heavy atom. The van der Waals surface area contributed by atoms with Gasteiger partial charge in [-0.15, -0.1) is 13.2 Å². The number of morpholine rings is 1. The Labute approximate surface area is 190 Å². The van der Waals surface area contributed by atoms with Crippen molar-refractivity contribution in [3.8, 4) is 17.0 Å². The number of rotatable bonds is 7. The van der Waals surface area contributed by atoms with Gasteiger partial charge in [0.05, 0.1) is 18.9 Å². The number of hydrogen-bond acceptors (Lipinski definition) is 7. The summed E-state index contributed by atoms with van der Waals surface area (Å²) in [7, 11) is 0. The number of ether oxygens (including phenoxy) is 2. The van der Waals surface area contributed by atoms with E-state index in [1.165, 1.54) is 6.20 Å². The van der Waals surface area contributed by atoms with Crippen molar-refractivity contribution in [3.63, 3.8) is 0 Å². The zero-order valence-electron chi connectivity index (χ0n) is 18.0. The SMILES string of the molecule is C=C(CC(C)n1cc(-c2cnc(N)c(OC(F)(F)F)c2)nc1[C@H](O)C(F)(F)F)N1CCOCC1. The van der Waals surface area contributed by atoms with Crippen molar-refractivity contribution in [2.75, 3.05) is 32.0 Å². The molecule has 8 nitrogen and oxygen atoms in total. The number of pyridine rings is 1. The standard InChI is InChI=1S/C20H23F6N5O3/c1-11(30-3-5-33-6-4-30)7-12(2)31-10-14(29-18(31)16(32)19(21,22)23)13-8-15(17(27)28-9-13)34-20(24,25)26/h8-10,12,16,32H,1,3-7H2,2H3,(H2,27,28)/t12?,16-/m0/s1. The molecule has 2 aromatic rings. The number of alkyl halides is 6. The Morgan fingerprint density at radius 2 is 1.91 bits per heavy atom. The molecule has 0 spiro atoms. The molecule has 3 heterocycles. The predicted molar refractivity (Wildman–Crippen MR) is 108 cm³/mol. The van der Waals surface area contributed by atoms with Crippen molar-refractivity contribution in [2.45, 2.75) is 38.0 Å². The third kappa shape index (κ3) is 6.11. The van der Waals surface area contributed by atoms with Gasteiger partial charge in [-0.3, -0.25) is 0 Å². The Bertz CT molecular complexity index is 1020. The minimum Gasteiger partial charge on any atom is -0.402 e. The summed E-state index contributed by atoms with van der Waals surface area (Å²) in [6.07, 6.45) is -10.5. The highest BCUT2D eigenvalue weighted by molar-refractivity contribution is 5.63. The van der Waals surface area contributed by atoms with Crippen LogP contribution in [0.25, 0.3) is 11.3 Å². The number of anilines is 1. The molecule has 1 aliphatic rings. The van der Waals surface area contributed by atoms with Gasteiger partial charge in [0.25, 0.3) is 0 Å². The molecule has 2 aromatic heterocycles. The summed E-state index contributed by atoms with van der Waals surface area (Å²) in [6.45, 7) is 7.76. The van der Waals surface area contributed by atoms with Gasteiger partial charge in [-0.2, -0.15) is 13.2 Å². The fourth-order valence-electron chi connectivity index (χ4n) is 3.50. The molecule has 1 fully saturated rings. The van der Waals surface area contributed by atoms with Crippen LogP contribution in [-0.4, -0.2) is 63.4 Å². The number of allylic oxidation sites excluding steroid dienone is 1. The summed E-state index contributed by atoms with van der Waals surface area (Å²) in [5.41, 5.74) is 5.84. The monoisotopic (exact) mass is 495 g/mol. The highest BCUT2D eigenvalue weighted by Crippen LogP contribution is 2.37. The van der Waals surface area contributed by atoms with Crippen LogP contribution in [0.2, 0.25) is 0 Å². The summed E-state index contributed by atoms with van der Waals surface area (Å²) < 4.78 is 88.1. The highest BCUT2D eigenvalue weighted by Gasteiger charge is 2.43. The highest BCUT2D eigenvalue weighted by atomic mass is 19.4. The van der Waals surface area contributed by atoms with E-state index in [-0.39, 0.29) is 17.7 Å². The fourth-order valence-corrected chi connectivity index (χ4v) is 3.50. The number of aliphatic hydroxyl groups excluding tert-OH is 1. The predicted octanol–water partition coefficient (Wildman–Crippen LogP) is 3.82. The van der Waals surface area contributed by atoms with Crippen LogP contribution in [0, 0.1) is 0 Å². The van der Waals surface area contributed by atoms with Crippen LogP contribution in [0.5, 0.6) is 5.75 Å². The molecule has 34 heavy (non-hydrogen) atoms. The molecule has 188 valence electrons. The molecule has 2 atom stereocenters. The number of hydrogen-bond donors (Lipinski definition) is 2. The zero-order valence-corrected chi connectivity index (χ0v) is 18.0. The first-order valence-electron chi connectivity index (χ1n) is 10.1. The molecule has 1 aliphatic heterocycles. The second-order valence-electron chi connectivity index (χ2n) is 7.71. The number of nitrogen functional groups attached to an aromatic ring is 1. The van der Waals surface area contributed by atoms with E-state index in [0.29, 0.717) is 32.0 Å².